The largest absolute Gasteiger partial charge is 0.458 e. The highest BCUT2D eigenvalue weighted by atomic mass is 16.6. The van der Waals surface area contributed by atoms with Gasteiger partial charge in [0.2, 0.25) is 0 Å². The summed E-state index contributed by atoms with van der Waals surface area (Å²) in [4.78, 5) is 36.3. The van der Waals surface area contributed by atoms with Gasteiger partial charge in [-0.3, -0.25) is 0 Å². The number of carbonyl (C=O) groups is 1. The van der Waals surface area contributed by atoms with Crippen molar-refractivity contribution in [3.8, 4) is 0 Å². The zero-order valence-electron chi connectivity index (χ0n) is 24.5. The van der Waals surface area contributed by atoms with Crippen LogP contribution in [0, 0.1) is 0 Å². The topological polar surface area (TPSA) is 130 Å². The maximum absolute atomic E-state index is 13.2. The lowest BCUT2D eigenvalue weighted by Crippen LogP contribution is -2.41. The molecule has 0 amide bonds. The van der Waals surface area contributed by atoms with Crippen LogP contribution in [0.4, 0.5) is 11.6 Å². The molecule has 40 heavy (non-hydrogen) atoms. The van der Waals surface area contributed by atoms with E-state index in [0.29, 0.717) is 29.9 Å². The normalized spacial score (nSPS) is 14.9. The standard InChI is InChI=1S/C29H44N8O3/c1-20(39-5)17-37(15-7-6-10-22-12-11-21-9-8-14-30-25(21)35-22)16-13-23(28(38)40-29(2,3)4)36-27-24-26(32-18-31-24)33-19-34-27/h11-12,18-20,23H,6-10,13-17H2,1-5H3,(H,30,35)(H2,31,32,33,34,36). The Kier molecular flexibility index (Phi) is 10.3. The molecule has 0 saturated carbocycles. The number of carbonyl (C=O) groups excluding carboxylic acids is 1. The molecule has 2 atom stereocenters. The second-order valence-corrected chi connectivity index (χ2v) is 11.5. The maximum atomic E-state index is 13.2. The van der Waals surface area contributed by atoms with E-state index < -0.39 is 11.6 Å². The number of aryl methyl sites for hydroxylation is 2. The van der Waals surface area contributed by atoms with Crippen LogP contribution < -0.4 is 10.6 Å². The lowest BCUT2D eigenvalue weighted by Gasteiger charge is -2.29. The molecule has 0 aromatic carbocycles. The van der Waals surface area contributed by atoms with E-state index in [1.807, 2.05) is 20.8 Å². The molecule has 0 bridgehead atoms. The minimum atomic E-state index is -0.602. The van der Waals surface area contributed by atoms with Gasteiger partial charge in [0.15, 0.2) is 11.5 Å². The van der Waals surface area contributed by atoms with E-state index in [0.717, 1.165) is 56.8 Å². The Bertz CT molecular complexity index is 1240. The number of unbranched alkanes of at least 4 members (excludes halogenated alkanes) is 1. The van der Waals surface area contributed by atoms with Crippen molar-refractivity contribution in [2.24, 2.45) is 0 Å². The number of aromatic amines is 1. The Morgan fingerprint density at radius 3 is 2.83 bits per heavy atom. The molecule has 11 heteroatoms. The van der Waals surface area contributed by atoms with Crippen LogP contribution in [0.1, 0.15) is 64.6 Å². The van der Waals surface area contributed by atoms with Crippen molar-refractivity contribution in [1.29, 1.82) is 0 Å². The minimum absolute atomic E-state index is 0.0758. The van der Waals surface area contributed by atoms with Crippen LogP contribution in [0.3, 0.4) is 0 Å². The first-order valence-electron chi connectivity index (χ1n) is 14.3. The van der Waals surface area contributed by atoms with Crippen molar-refractivity contribution < 1.29 is 14.3 Å². The number of pyridine rings is 1. The first-order valence-corrected chi connectivity index (χ1v) is 14.3. The van der Waals surface area contributed by atoms with Gasteiger partial charge in [-0.1, -0.05) is 6.07 Å². The predicted molar refractivity (Wildman–Crippen MR) is 156 cm³/mol. The van der Waals surface area contributed by atoms with Crippen LogP contribution in [-0.4, -0.2) is 86.8 Å². The van der Waals surface area contributed by atoms with Gasteiger partial charge in [0.25, 0.3) is 0 Å². The number of esters is 1. The molecular formula is C29H44N8O3. The van der Waals surface area contributed by atoms with Gasteiger partial charge in [0.1, 0.15) is 29.3 Å². The molecule has 0 spiro atoms. The summed E-state index contributed by atoms with van der Waals surface area (Å²) in [6.07, 6.45) is 8.91. The van der Waals surface area contributed by atoms with E-state index in [4.69, 9.17) is 14.5 Å². The third kappa shape index (κ3) is 8.59. The average molecular weight is 553 g/mol. The van der Waals surface area contributed by atoms with Gasteiger partial charge in [0.05, 0.1) is 12.4 Å². The number of ether oxygens (including phenoxy) is 2. The highest BCUT2D eigenvalue weighted by Crippen LogP contribution is 2.21. The van der Waals surface area contributed by atoms with Crippen LogP contribution in [-0.2, 0) is 27.1 Å². The Hall–Kier alpha value is -3.31. The summed E-state index contributed by atoms with van der Waals surface area (Å²) in [5.41, 5.74) is 3.05. The summed E-state index contributed by atoms with van der Waals surface area (Å²) < 4.78 is 11.3. The third-order valence-corrected chi connectivity index (χ3v) is 6.98. The van der Waals surface area contributed by atoms with E-state index in [9.17, 15) is 4.79 Å². The lowest BCUT2D eigenvalue weighted by atomic mass is 10.1. The molecule has 4 rings (SSSR count). The summed E-state index contributed by atoms with van der Waals surface area (Å²) >= 11 is 0. The summed E-state index contributed by atoms with van der Waals surface area (Å²) in [7, 11) is 1.73. The van der Waals surface area contributed by atoms with Crippen LogP contribution in [0.15, 0.2) is 24.8 Å². The van der Waals surface area contributed by atoms with Crippen molar-refractivity contribution in [3.63, 3.8) is 0 Å². The minimum Gasteiger partial charge on any atom is -0.458 e. The van der Waals surface area contributed by atoms with Gasteiger partial charge in [-0.15, -0.1) is 0 Å². The molecule has 1 aliphatic rings. The summed E-state index contributed by atoms with van der Waals surface area (Å²) in [6.45, 7) is 11.1. The number of anilines is 2. The monoisotopic (exact) mass is 552 g/mol. The number of methoxy groups -OCH3 is 1. The molecule has 4 heterocycles. The first kappa shape index (κ1) is 29.7. The molecule has 3 aromatic rings. The predicted octanol–water partition coefficient (Wildman–Crippen LogP) is 3.98. The molecule has 11 nitrogen and oxygen atoms in total. The molecular weight excluding hydrogens is 508 g/mol. The molecule has 0 radical (unpaired) electrons. The van der Waals surface area contributed by atoms with Crippen LogP contribution in [0.25, 0.3) is 11.2 Å². The van der Waals surface area contributed by atoms with Crippen molar-refractivity contribution in [1.82, 2.24) is 29.8 Å². The number of imidazole rings is 1. The average Bonchev–Trinajstić information content (AvgIpc) is 3.41. The van der Waals surface area contributed by atoms with Crippen LogP contribution >= 0.6 is 0 Å². The van der Waals surface area contributed by atoms with E-state index in [1.54, 1.807) is 13.4 Å². The fourth-order valence-corrected chi connectivity index (χ4v) is 4.85. The molecule has 218 valence electrons. The number of fused-ring (bicyclic) bond motifs is 2. The lowest BCUT2D eigenvalue weighted by molar-refractivity contribution is -0.156. The van der Waals surface area contributed by atoms with Gasteiger partial charge in [-0.2, -0.15) is 0 Å². The summed E-state index contributed by atoms with van der Waals surface area (Å²) in [5, 5.41) is 6.71. The molecule has 1 aliphatic heterocycles. The Morgan fingerprint density at radius 2 is 2.02 bits per heavy atom. The van der Waals surface area contributed by atoms with Gasteiger partial charge >= 0.3 is 5.97 Å². The van der Waals surface area contributed by atoms with Gasteiger partial charge in [-0.25, -0.2) is 24.7 Å². The molecule has 0 saturated heterocycles. The van der Waals surface area contributed by atoms with E-state index in [-0.39, 0.29) is 12.1 Å². The zero-order valence-corrected chi connectivity index (χ0v) is 24.5. The first-order chi connectivity index (χ1) is 19.2. The summed E-state index contributed by atoms with van der Waals surface area (Å²) in [5.74, 6) is 1.24. The van der Waals surface area contributed by atoms with E-state index in [1.165, 1.54) is 18.3 Å². The molecule has 2 unspecified atom stereocenters. The molecule has 0 fully saturated rings. The fraction of sp³-hybridized carbons (Fsp3) is 0.621. The Labute approximate surface area is 236 Å². The number of hydrogen-bond donors (Lipinski definition) is 3. The fourth-order valence-electron chi connectivity index (χ4n) is 4.85. The maximum Gasteiger partial charge on any atom is 0.329 e. The third-order valence-electron chi connectivity index (χ3n) is 6.98. The second kappa shape index (κ2) is 13.8. The van der Waals surface area contributed by atoms with E-state index in [2.05, 4.69) is 54.5 Å². The van der Waals surface area contributed by atoms with Gasteiger partial charge in [-0.05, 0) is 84.4 Å². The smallest absolute Gasteiger partial charge is 0.329 e. The molecule has 3 N–H and O–H groups in total. The quantitative estimate of drug-likeness (QED) is 0.199. The van der Waals surface area contributed by atoms with Crippen molar-refractivity contribution in [2.75, 3.05) is 43.9 Å². The SMILES string of the molecule is COC(C)CN(CCCCc1ccc2c(n1)NCCC2)CCC(Nc1ncnc2[nH]cnc12)C(=O)OC(C)(C)C. The van der Waals surface area contributed by atoms with E-state index >= 15 is 0 Å². The van der Waals surface area contributed by atoms with Crippen molar-refractivity contribution >= 4 is 28.8 Å². The highest BCUT2D eigenvalue weighted by molar-refractivity contribution is 5.86. The zero-order chi connectivity index (χ0) is 28.5. The van der Waals surface area contributed by atoms with Gasteiger partial charge in [0, 0.05) is 32.4 Å². The van der Waals surface area contributed by atoms with Crippen LogP contribution in [0.2, 0.25) is 0 Å². The number of H-pyrrole nitrogens is 1. The molecule has 3 aromatic heterocycles. The Balaban J connectivity index is 1.37. The number of aromatic nitrogens is 5. The van der Waals surface area contributed by atoms with Crippen molar-refractivity contribution in [3.05, 3.63) is 36.0 Å². The number of rotatable bonds is 14. The number of nitrogens with one attached hydrogen (secondary N) is 3. The highest BCUT2D eigenvalue weighted by Gasteiger charge is 2.27. The number of nitrogens with zero attached hydrogens (tertiary/aromatic N) is 5. The number of hydrogen-bond acceptors (Lipinski definition) is 10. The van der Waals surface area contributed by atoms with Crippen LogP contribution in [0.5, 0.6) is 0 Å². The molecule has 0 aliphatic carbocycles. The van der Waals surface area contributed by atoms with Crippen molar-refractivity contribution in [2.45, 2.75) is 84.0 Å². The van der Waals surface area contributed by atoms with Gasteiger partial charge < -0.3 is 30.0 Å². The second-order valence-electron chi connectivity index (χ2n) is 11.5. The Morgan fingerprint density at radius 1 is 1.18 bits per heavy atom. The summed E-state index contributed by atoms with van der Waals surface area (Å²) in [6, 6.07) is 3.78.